The molecule has 3 atom stereocenters. The summed E-state index contributed by atoms with van der Waals surface area (Å²) in [6, 6.07) is 12.4. The highest BCUT2D eigenvalue weighted by Gasteiger charge is 2.67. The third-order valence-electron chi connectivity index (χ3n) is 8.55. The van der Waals surface area contributed by atoms with E-state index in [1.54, 1.807) is 18.5 Å². The summed E-state index contributed by atoms with van der Waals surface area (Å²) in [5, 5.41) is 3.77. The summed E-state index contributed by atoms with van der Waals surface area (Å²) in [6.07, 6.45) is 0.121. The topological polar surface area (TPSA) is 60.1 Å². The Hall–Kier alpha value is -4.28. The Morgan fingerprint density at radius 1 is 1.05 bits per heavy atom. The molecule has 2 aromatic carbocycles. The maximum absolute atomic E-state index is 15.1. The number of hydrogen-bond acceptors (Lipinski definition) is 4. The predicted molar refractivity (Wildman–Crippen MR) is 145 cm³/mol. The van der Waals surface area contributed by atoms with Gasteiger partial charge in [-0.2, -0.15) is 13.9 Å². The van der Waals surface area contributed by atoms with Crippen LogP contribution in [0.15, 0.2) is 59.7 Å². The minimum atomic E-state index is -3.36. The monoisotopic (exact) mass is 594 g/mol. The van der Waals surface area contributed by atoms with Crippen LogP contribution >= 0.6 is 0 Å². The minimum absolute atomic E-state index is 0.0106. The van der Waals surface area contributed by atoms with Crippen molar-refractivity contribution in [1.82, 2.24) is 14.8 Å². The summed E-state index contributed by atoms with van der Waals surface area (Å²) in [6.45, 7) is -0.0711. The van der Waals surface area contributed by atoms with Gasteiger partial charge in [-0.3, -0.25) is 19.5 Å². The molecule has 220 valence electrons. The van der Waals surface area contributed by atoms with Crippen molar-refractivity contribution in [3.8, 4) is 11.1 Å². The van der Waals surface area contributed by atoms with E-state index in [1.807, 2.05) is 24.3 Å². The van der Waals surface area contributed by atoms with Gasteiger partial charge in [0.2, 0.25) is 0 Å². The average Bonchev–Trinajstić information content (AvgIpc) is 3.36. The first kappa shape index (κ1) is 27.5. The number of fused-ring (bicyclic) bond motifs is 4. The van der Waals surface area contributed by atoms with E-state index in [1.165, 1.54) is 0 Å². The van der Waals surface area contributed by atoms with Gasteiger partial charge >= 0.3 is 0 Å². The van der Waals surface area contributed by atoms with Crippen LogP contribution in [0, 0.1) is 17.6 Å². The maximum Gasteiger partial charge on any atom is 0.293 e. The number of aliphatic imine (C=N–C) groups is 1. The van der Waals surface area contributed by atoms with Crippen molar-refractivity contribution >= 4 is 12.0 Å². The summed E-state index contributed by atoms with van der Waals surface area (Å²) in [5.41, 5.74) is 2.77. The second kappa shape index (κ2) is 10.2. The molecule has 43 heavy (non-hydrogen) atoms. The molecule has 0 amide bonds. The molecule has 0 N–H and O–H groups in total. The van der Waals surface area contributed by atoms with Crippen molar-refractivity contribution in [1.29, 1.82) is 0 Å². The maximum atomic E-state index is 15.1. The number of rotatable bonds is 9. The zero-order chi connectivity index (χ0) is 30.0. The van der Waals surface area contributed by atoms with E-state index in [0.29, 0.717) is 17.8 Å². The van der Waals surface area contributed by atoms with E-state index >= 15 is 8.78 Å². The standard InChI is InChI=1S/C32H24F6N4O/c33-21-7-16(8-22(34)11-21)6-19(28-24(2-1-5-40-28)17-3-4-18-13-39-14-20(18)9-17)10-23(43)15-42-30-27(29(41-42)31(35)36)25-12-26(25)32(30,37)38/h1-5,7-9,11,14,19,25-26,31H,6,10,12-13,15H2/t19-,25?,26?/m1/s1. The number of carbonyl (C=O) groups excluding carboxylic acids is 1. The molecule has 2 aromatic heterocycles. The van der Waals surface area contributed by atoms with Crippen molar-refractivity contribution in [3.05, 3.63) is 106 Å². The number of pyridine rings is 1. The number of benzene rings is 2. The number of Topliss-reactive ketones (excluding diaryl/α,β-unsaturated/α-hetero) is 1. The van der Waals surface area contributed by atoms with E-state index in [9.17, 15) is 22.4 Å². The molecule has 0 saturated heterocycles. The highest BCUT2D eigenvalue weighted by Crippen LogP contribution is 2.68. The van der Waals surface area contributed by atoms with Crippen molar-refractivity contribution in [2.45, 2.75) is 56.5 Å². The summed E-state index contributed by atoms with van der Waals surface area (Å²) in [5.74, 6) is -7.94. The Morgan fingerprint density at radius 3 is 2.60 bits per heavy atom. The second-order valence-corrected chi connectivity index (χ2v) is 11.4. The molecule has 1 fully saturated rings. The summed E-state index contributed by atoms with van der Waals surface area (Å²) < 4.78 is 86.7. The Bertz CT molecular complexity index is 1780. The molecule has 1 aliphatic heterocycles. The highest BCUT2D eigenvalue weighted by molar-refractivity contribution is 5.87. The Morgan fingerprint density at radius 2 is 1.84 bits per heavy atom. The van der Waals surface area contributed by atoms with Gasteiger partial charge in [-0.25, -0.2) is 17.6 Å². The third-order valence-corrected chi connectivity index (χ3v) is 8.55. The number of ketones is 1. The van der Waals surface area contributed by atoms with Crippen LogP contribution in [0.1, 0.15) is 70.4 Å². The Labute approximate surface area is 242 Å². The fourth-order valence-electron chi connectivity index (χ4n) is 6.62. The molecule has 1 saturated carbocycles. The molecule has 2 unspecified atom stereocenters. The normalized spacial score (nSPS) is 19.8. The molecule has 0 bridgehead atoms. The smallest absolute Gasteiger partial charge is 0.293 e. The summed E-state index contributed by atoms with van der Waals surface area (Å²) in [7, 11) is 0. The van der Waals surface area contributed by atoms with Gasteiger partial charge in [0.05, 0.1) is 12.2 Å². The molecular formula is C32H24F6N4O. The van der Waals surface area contributed by atoms with Crippen LogP contribution in [0.5, 0.6) is 0 Å². The van der Waals surface area contributed by atoms with Crippen LogP contribution in [-0.4, -0.2) is 26.8 Å². The van der Waals surface area contributed by atoms with E-state index in [-0.39, 0.29) is 30.4 Å². The van der Waals surface area contributed by atoms with Crippen molar-refractivity contribution in [2.75, 3.05) is 0 Å². The van der Waals surface area contributed by atoms with E-state index in [0.717, 1.165) is 39.6 Å². The number of nitrogens with zero attached hydrogens (tertiary/aromatic N) is 4. The first-order valence-corrected chi connectivity index (χ1v) is 13.9. The zero-order valence-electron chi connectivity index (χ0n) is 22.6. The number of aromatic nitrogens is 3. The summed E-state index contributed by atoms with van der Waals surface area (Å²) in [4.78, 5) is 22.4. The minimum Gasteiger partial charge on any atom is -0.298 e. The fraction of sp³-hybridized carbons (Fsp3) is 0.312. The lowest BCUT2D eigenvalue weighted by Crippen LogP contribution is -2.24. The first-order valence-electron chi connectivity index (χ1n) is 13.9. The zero-order valence-corrected chi connectivity index (χ0v) is 22.6. The predicted octanol–water partition coefficient (Wildman–Crippen LogP) is 7.29. The largest absolute Gasteiger partial charge is 0.298 e. The Balaban J connectivity index is 1.24. The van der Waals surface area contributed by atoms with Gasteiger partial charge < -0.3 is 0 Å². The van der Waals surface area contributed by atoms with Crippen LogP contribution in [-0.2, 0) is 30.2 Å². The summed E-state index contributed by atoms with van der Waals surface area (Å²) >= 11 is 0. The lowest BCUT2D eigenvalue weighted by Gasteiger charge is -2.21. The van der Waals surface area contributed by atoms with Gasteiger partial charge in [-0.15, -0.1) is 0 Å². The lowest BCUT2D eigenvalue weighted by atomic mass is 9.86. The van der Waals surface area contributed by atoms with Crippen molar-refractivity contribution in [2.24, 2.45) is 10.9 Å². The molecule has 4 aromatic rings. The van der Waals surface area contributed by atoms with Crippen LogP contribution in [0.4, 0.5) is 26.3 Å². The van der Waals surface area contributed by atoms with Gasteiger partial charge in [0.25, 0.3) is 12.3 Å². The molecule has 5 nitrogen and oxygen atoms in total. The Kier molecular flexibility index (Phi) is 6.51. The van der Waals surface area contributed by atoms with E-state index in [2.05, 4.69) is 15.1 Å². The number of alkyl halides is 4. The highest BCUT2D eigenvalue weighted by atomic mass is 19.3. The quantitative estimate of drug-likeness (QED) is 0.191. The fourth-order valence-corrected chi connectivity index (χ4v) is 6.62. The van der Waals surface area contributed by atoms with Gasteiger partial charge in [0, 0.05) is 47.9 Å². The van der Waals surface area contributed by atoms with Crippen molar-refractivity contribution in [3.63, 3.8) is 0 Å². The first-order chi connectivity index (χ1) is 20.6. The number of halogens is 6. The van der Waals surface area contributed by atoms with E-state index < -0.39 is 65.5 Å². The molecule has 0 radical (unpaired) electrons. The van der Waals surface area contributed by atoms with Gasteiger partial charge in [-0.1, -0.05) is 18.2 Å². The molecule has 2 aliphatic carbocycles. The molecule has 3 aliphatic rings. The van der Waals surface area contributed by atoms with Crippen LogP contribution in [0.25, 0.3) is 11.1 Å². The van der Waals surface area contributed by atoms with Gasteiger partial charge in [0.1, 0.15) is 29.6 Å². The lowest BCUT2D eigenvalue weighted by molar-refractivity contribution is -0.120. The van der Waals surface area contributed by atoms with Crippen molar-refractivity contribution < 1.29 is 31.1 Å². The van der Waals surface area contributed by atoms with E-state index in [4.69, 9.17) is 0 Å². The van der Waals surface area contributed by atoms with Crippen LogP contribution < -0.4 is 0 Å². The average molecular weight is 595 g/mol. The van der Waals surface area contributed by atoms with Crippen LogP contribution in [0.3, 0.4) is 0 Å². The molecule has 7 rings (SSSR count). The number of hydrogen-bond donors (Lipinski definition) is 0. The number of carbonyl (C=O) groups is 1. The molecule has 3 heterocycles. The molecule has 0 spiro atoms. The third kappa shape index (κ3) is 4.84. The van der Waals surface area contributed by atoms with Gasteiger partial charge in [0.15, 0.2) is 5.78 Å². The second-order valence-electron chi connectivity index (χ2n) is 11.4. The van der Waals surface area contributed by atoms with Crippen LogP contribution in [0.2, 0.25) is 0 Å². The molecular weight excluding hydrogens is 570 g/mol. The molecule has 11 heteroatoms. The SMILES string of the molecule is O=C(C[C@@H](Cc1cc(F)cc(F)c1)c1ncccc1-c1ccc2c(c1)C=NC2)Cn1nc(C(F)F)c2c1C(F)(F)C1CC21. The van der Waals surface area contributed by atoms with Gasteiger partial charge in [-0.05, 0) is 65.3 Å².